The summed E-state index contributed by atoms with van der Waals surface area (Å²) in [6.07, 6.45) is 0. The van der Waals surface area contributed by atoms with Gasteiger partial charge in [0.1, 0.15) is 0 Å². The van der Waals surface area contributed by atoms with E-state index in [1.54, 1.807) is 6.92 Å². The first kappa shape index (κ1) is 19.7. The first-order valence-electron chi connectivity index (χ1n) is 9.65. The van der Waals surface area contributed by atoms with E-state index in [0.717, 1.165) is 11.4 Å². The van der Waals surface area contributed by atoms with Crippen molar-refractivity contribution in [1.29, 1.82) is 0 Å². The van der Waals surface area contributed by atoms with E-state index in [-0.39, 0.29) is 11.8 Å². The first-order chi connectivity index (χ1) is 14.0. The van der Waals surface area contributed by atoms with Gasteiger partial charge in [-0.2, -0.15) is 0 Å². The van der Waals surface area contributed by atoms with E-state index in [1.165, 1.54) is 0 Å². The standard InChI is InChI=1S/C21H23ClN4O3/c1-12(2)17-11-14(18-13(3)25-29-21(18)24-17)20(27)23-16-6-4-5-15(22)19(16)26-7-9-28-10-8-26/h4-6,11-12H,7-10H2,1-3H3,(H,23,27). The van der Waals surface area contributed by atoms with E-state index in [4.69, 9.17) is 20.9 Å². The lowest BCUT2D eigenvalue weighted by Gasteiger charge is -2.31. The summed E-state index contributed by atoms with van der Waals surface area (Å²) in [5.74, 6) is -0.103. The number of anilines is 2. The van der Waals surface area contributed by atoms with Crippen LogP contribution in [-0.2, 0) is 4.74 Å². The van der Waals surface area contributed by atoms with Crippen LogP contribution in [0.1, 0.15) is 41.5 Å². The van der Waals surface area contributed by atoms with Crippen LogP contribution in [0.25, 0.3) is 11.1 Å². The van der Waals surface area contributed by atoms with Gasteiger partial charge in [-0.05, 0) is 31.0 Å². The molecule has 0 aliphatic carbocycles. The van der Waals surface area contributed by atoms with Crippen molar-refractivity contribution >= 4 is 40.0 Å². The SMILES string of the molecule is Cc1noc2nc(C(C)C)cc(C(=O)Nc3cccc(Cl)c3N3CCOCC3)c12. The summed E-state index contributed by atoms with van der Waals surface area (Å²) < 4.78 is 10.8. The molecule has 1 fully saturated rings. The van der Waals surface area contributed by atoms with Gasteiger partial charge in [0.2, 0.25) is 0 Å². The number of pyridine rings is 1. The van der Waals surface area contributed by atoms with Gasteiger partial charge < -0.3 is 19.5 Å². The molecule has 1 aliphatic heterocycles. The topological polar surface area (TPSA) is 80.5 Å². The highest BCUT2D eigenvalue weighted by molar-refractivity contribution is 6.34. The van der Waals surface area contributed by atoms with Crippen molar-refractivity contribution in [1.82, 2.24) is 10.1 Å². The average molecular weight is 415 g/mol. The predicted octanol–water partition coefficient (Wildman–Crippen LogP) is 4.40. The Hall–Kier alpha value is -2.64. The molecule has 152 valence electrons. The van der Waals surface area contributed by atoms with Crippen LogP contribution in [0.3, 0.4) is 0 Å². The first-order valence-corrected chi connectivity index (χ1v) is 10.0. The molecule has 0 saturated carbocycles. The third-order valence-electron chi connectivity index (χ3n) is 5.04. The number of ether oxygens (including phenoxy) is 1. The molecule has 4 rings (SSSR count). The molecule has 0 atom stereocenters. The zero-order valence-electron chi connectivity index (χ0n) is 16.7. The number of halogens is 1. The highest BCUT2D eigenvalue weighted by atomic mass is 35.5. The minimum absolute atomic E-state index is 0.145. The molecule has 3 aromatic rings. The van der Waals surface area contributed by atoms with E-state index in [1.807, 2.05) is 38.1 Å². The molecule has 1 aliphatic rings. The molecule has 8 heteroatoms. The highest BCUT2D eigenvalue weighted by Gasteiger charge is 2.23. The second-order valence-corrected chi connectivity index (χ2v) is 7.79. The van der Waals surface area contributed by atoms with Crippen molar-refractivity contribution in [3.63, 3.8) is 0 Å². The molecule has 0 spiro atoms. The van der Waals surface area contributed by atoms with Crippen molar-refractivity contribution in [2.24, 2.45) is 0 Å². The van der Waals surface area contributed by atoms with Crippen molar-refractivity contribution in [2.45, 2.75) is 26.7 Å². The second-order valence-electron chi connectivity index (χ2n) is 7.39. The van der Waals surface area contributed by atoms with Crippen LogP contribution in [0.5, 0.6) is 0 Å². The number of amides is 1. The Kier molecular flexibility index (Phi) is 5.43. The van der Waals surface area contributed by atoms with Crippen LogP contribution in [0.15, 0.2) is 28.8 Å². The number of hydrogen-bond acceptors (Lipinski definition) is 6. The number of carbonyl (C=O) groups excluding carboxylic acids is 1. The Bertz CT molecular complexity index is 1060. The van der Waals surface area contributed by atoms with E-state index in [9.17, 15) is 4.79 Å². The third kappa shape index (κ3) is 3.80. The van der Waals surface area contributed by atoms with Crippen molar-refractivity contribution in [3.05, 3.63) is 46.2 Å². The number of benzene rings is 1. The van der Waals surface area contributed by atoms with E-state index >= 15 is 0 Å². The Labute approximate surface area is 174 Å². The van der Waals surface area contributed by atoms with Crippen LogP contribution in [0.4, 0.5) is 11.4 Å². The third-order valence-corrected chi connectivity index (χ3v) is 5.34. The Balaban J connectivity index is 1.74. The number of fused-ring (bicyclic) bond motifs is 1. The number of nitrogens with one attached hydrogen (secondary N) is 1. The maximum atomic E-state index is 13.3. The molecule has 1 amide bonds. The van der Waals surface area contributed by atoms with Crippen molar-refractivity contribution < 1.29 is 14.1 Å². The lowest BCUT2D eigenvalue weighted by atomic mass is 10.0. The largest absolute Gasteiger partial charge is 0.378 e. The highest BCUT2D eigenvalue weighted by Crippen LogP contribution is 2.35. The minimum Gasteiger partial charge on any atom is -0.378 e. The normalized spacial score (nSPS) is 14.6. The molecule has 2 aromatic heterocycles. The summed E-state index contributed by atoms with van der Waals surface area (Å²) in [4.78, 5) is 19.9. The number of hydrogen-bond donors (Lipinski definition) is 1. The van der Waals surface area contributed by atoms with Gasteiger partial charge in [0.05, 0.1) is 46.3 Å². The van der Waals surface area contributed by atoms with Gasteiger partial charge in [-0.1, -0.05) is 36.7 Å². The number of aryl methyl sites for hydroxylation is 1. The quantitative estimate of drug-likeness (QED) is 0.681. The number of carbonyl (C=O) groups is 1. The van der Waals surface area contributed by atoms with Crippen LogP contribution in [-0.4, -0.2) is 42.4 Å². The molecule has 1 saturated heterocycles. The summed E-state index contributed by atoms with van der Waals surface area (Å²) in [5.41, 5.74) is 3.74. The monoisotopic (exact) mass is 414 g/mol. The zero-order valence-corrected chi connectivity index (χ0v) is 17.4. The van der Waals surface area contributed by atoms with Gasteiger partial charge >= 0.3 is 0 Å². The Morgan fingerprint density at radius 3 is 2.76 bits per heavy atom. The summed E-state index contributed by atoms with van der Waals surface area (Å²) >= 11 is 6.49. The Morgan fingerprint density at radius 1 is 1.28 bits per heavy atom. The molecule has 0 unspecified atom stereocenters. The van der Waals surface area contributed by atoms with E-state index in [2.05, 4.69) is 20.4 Å². The summed E-state index contributed by atoms with van der Waals surface area (Å²) in [6.45, 7) is 8.53. The second kappa shape index (κ2) is 8.00. The maximum absolute atomic E-state index is 13.3. The summed E-state index contributed by atoms with van der Waals surface area (Å²) in [7, 11) is 0. The molecular formula is C21H23ClN4O3. The smallest absolute Gasteiger partial charge is 0.259 e. The van der Waals surface area contributed by atoms with Gasteiger partial charge in [0, 0.05) is 18.8 Å². The van der Waals surface area contributed by atoms with Gasteiger partial charge in [-0.15, -0.1) is 0 Å². The van der Waals surface area contributed by atoms with Crippen LogP contribution in [0, 0.1) is 6.92 Å². The van der Waals surface area contributed by atoms with Gasteiger partial charge in [0.25, 0.3) is 11.6 Å². The number of rotatable bonds is 4. The van der Waals surface area contributed by atoms with Gasteiger partial charge in [0.15, 0.2) is 0 Å². The zero-order chi connectivity index (χ0) is 20.5. The molecule has 1 aromatic carbocycles. The van der Waals surface area contributed by atoms with Crippen molar-refractivity contribution in [2.75, 3.05) is 36.5 Å². The molecular weight excluding hydrogens is 392 g/mol. The number of para-hydroxylation sites is 1. The molecule has 0 bridgehead atoms. The predicted molar refractivity (Wildman–Crippen MR) is 113 cm³/mol. The maximum Gasteiger partial charge on any atom is 0.259 e. The molecule has 1 N–H and O–H groups in total. The summed E-state index contributed by atoms with van der Waals surface area (Å²) in [6, 6.07) is 7.32. The molecule has 29 heavy (non-hydrogen) atoms. The fourth-order valence-corrected chi connectivity index (χ4v) is 3.80. The fraction of sp³-hybridized carbons (Fsp3) is 0.381. The van der Waals surface area contributed by atoms with Crippen LogP contribution in [0.2, 0.25) is 5.02 Å². The number of nitrogens with zero attached hydrogens (tertiary/aromatic N) is 3. The lowest BCUT2D eigenvalue weighted by Crippen LogP contribution is -2.37. The van der Waals surface area contributed by atoms with Crippen LogP contribution < -0.4 is 10.2 Å². The van der Waals surface area contributed by atoms with E-state index < -0.39 is 0 Å². The van der Waals surface area contributed by atoms with Gasteiger partial charge in [-0.3, -0.25) is 4.79 Å². The van der Waals surface area contributed by atoms with Crippen molar-refractivity contribution in [3.8, 4) is 0 Å². The van der Waals surface area contributed by atoms with Crippen LogP contribution >= 0.6 is 11.6 Å². The molecule has 3 heterocycles. The Morgan fingerprint density at radius 2 is 2.03 bits per heavy atom. The lowest BCUT2D eigenvalue weighted by molar-refractivity contribution is 0.102. The summed E-state index contributed by atoms with van der Waals surface area (Å²) in [5, 5.41) is 8.25. The fourth-order valence-electron chi connectivity index (χ4n) is 3.50. The average Bonchev–Trinajstić information content (AvgIpc) is 3.09. The molecule has 0 radical (unpaired) electrons. The number of aromatic nitrogens is 2. The minimum atomic E-state index is -0.248. The molecule has 7 nitrogen and oxygen atoms in total. The van der Waals surface area contributed by atoms with E-state index in [0.29, 0.717) is 59.4 Å². The number of morpholine rings is 1. The van der Waals surface area contributed by atoms with Gasteiger partial charge in [-0.25, -0.2) is 4.98 Å².